The second kappa shape index (κ2) is 9.87. The second-order valence-electron chi connectivity index (χ2n) is 4.61. The number of fused-ring (bicyclic) bond motifs is 1. The molecule has 0 saturated heterocycles. The van der Waals surface area contributed by atoms with Gasteiger partial charge in [-0.25, -0.2) is 11.6 Å². The monoisotopic (exact) mass is 422 g/mol. The van der Waals surface area contributed by atoms with Gasteiger partial charge < -0.3 is 0 Å². The second-order valence-corrected chi connectivity index (χ2v) is 8.34. The molecule has 0 bridgehead atoms. The topological polar surface area (TPSA) is 43.6 Å². The number of allylic oxidation sites excluding steroid dienone is 4. The predicted octanol–water partition coefficient (Wildman–Crippen LogP) is 4.61. The van der Waals surface area contributed by atoms with Crippen molar-refractivity contribution in [3.8, 4) is 5.69 Å². The zero-order valence-corrected chi connectivity index (χ0v) is 16.4. The normalized spacial score (nSPS) is 11.9. The van der Waals surface area contributed by atoms with Gasteiger partial charge in [0.2, 0.25) is 0 Å². The molecule has 4 rings (SSSR count). The molecule has 0 saturated carbocycles. The standard InChI is InChI=1S/C10H7N4.C6H7.2ClH.Zr/c1-2-4-9-6-10(5-8(9)3-1)14-12-7-11-13-14;1-6-4-2-3-5-6;;;/h1-7H;2,4H,3H2,1H3;2*1H;/q2*-1;;;+4/p-2. The van der Waals surface area contributed by atoms with Gasteiger partial charge >= 0.3 is 37.9 Å². The molecule has 0 fully saturated rings. The van der Waals surface area contributed by atoms with E-state index in [0.717, 1.165) is 12.1 Å². The van der Waals surface area contributed by atoms with E-state index in [9.17, 15) is 0 Å². The van der Waals surface area contributed by atoms with E-state index < -0.39 is 20.8 Å². The summed E-state index contributed by atoms with van der Waals surface area (Å²) < 4.78 is 0. The number of nitrogens with zero attached hydrogens (tertiary/aromatic N) is 4. The molecule has 0 spiro atoms. The van der Waals surface area contributed by atoms with Crippen molar-refractivity contribution < 1.29 is 20.8 Å². The Morgan fingerprint density at radius 1 is 1.30 bits per heavy atom. The fourth-order valence-corrected chi connectivity index (χ4v) is 2.05. The van der Waals surface area contributed by atoms with E-state index in [1.807, 2.05) is 24.3 Å². The number of hydrogen-bond acceptors (Lipinski definition) is 3. The number of benzene rings is 1. The summed E-state index contributed by atoms with van der Waals surface area (Å²) >= 11 is -0.826. The van der Waals surface area contributed by atoms with Gasteiger partial charge in [0, 0.05) is 0 Å². The van der Waals surface area contributed by atoms with Gasteiger partial charge in [-0.05, 0) is 10.9 Å². The third kappa shape index (κ3) is 5.76. The van der Waals surface area contributed by atoms with Crippen LogP contribution in [0.4, 0.5) is 0 Å². The molecule has 0 aliphatic heterocycles. The number of aromatic nitrogens is 4. The first kappa shape index (κ1) is 18.2. The molecule has 0 radical (unpaired) electrons. The summed E-state index contributed by atoms with van der Waals surface area (Å²) in [5, 5.41) is 13.9. The Morgan fingerprint density at radius 3 is 2.61 bits per heavy atom. The maximum absolute atomic E-state index is 4.93. The molecular weight excluding hydrogens is 410 g/mol. The van der Waals surface area contributed by atoms with Crippen molar-refractivity contribution in [2.45, 2.75) is 13.3 Å². The minimum absolute atomic E-state index is 0.826. The van der Waals surface area contributed by atoms with Crippen LogP contribution in [0.25, 0.3) is 16.5 Å². The van der Waals surface area contributed by atoms with E-state index in [1.165, 1.54) is 27.5 Å². The average Bonchev–Trinajstić information content (AvgIpc) is 3.29. The zero-order chi connectivity index (χ0) is 16.5. The molecule has 2 aromatic carbocycles. The summed E-state index contributed by atoms with van der Waals surface area (Å²) in [6.07, 6.45) is 9.76. The molecule has 4 nitrogen and oxygen atoms in total. The SMILES string of the molecule is CC1=[C-]CC=C1.[Cl][Zr+2][Cl].c1ccc2[cH-]c(-n3ncnn3)cc2c1. The number of hydrogen-bond donors (Lipinski definition) is 0. The van der Waals surface area contributed by atoms with Crippen molar-refractivity contribution in [2.75, 3.05) is 0 Å². The third-order valence-electron chi connectivity index (χ3n) is 3.05. The van der Waals surface area contributed by atoms with E-state index >= 15 is 0 Å². The summed E-state index contributed by atoms with van der Waals surface area (Å²) in [5.74, 6) is 0. The van der Waals surface area contributed by atoms with Crippen LogP contribution < -0.4 is 0 Å². The summed E-state index contributed by atoms with van der Waals surface area (Å²) in [4.78, 5) is 1.51. The van der Waals surface area contributed by atoms with Gasteiger partial charge in [0.15, 0.2) is 6.33 Å². The maximum atomic E-state index is 4.93. The molecule has 7 heteroatoms. The molecular formula is C16H14Cl2N4Zr. The van der Waals surface area contributed by atoms with Crippen molar-refractivity contribution in [1.82, 2.24) is 20.2 Å². The van der Waals surface area contributed by atoms with Gasteiger partial charge in [0.05, 0.1) is 0 Å². The Morgan fingerprint density at radius 2 is 2.09 bits per heavy atom. The average molecular weight is 424 g/mol. The zero-order valence-electron chi connectivity index (χ0n) is 12.4. The van der Waals surface area contributed by atoms with Crippen LogP contribution in [0.3, 0.4) is 0 Å². The van der Waals surface area contributed by atoms with Crippen LogP contribution >= 0.6 is 17.0 Å². The van der Waals surface area contributed by atoms with Crippen molar-refractivity contribution in [3.63, 3.8) is 0 Å². The summed E-state index contributed by atoms with van der Waals surface area (Å²) in [6.45, 7) is 2.06. The van der Waals surface area contributed by atoms with E-state index in [0.29, 0.717) is 0 Å². The first-order valence-electron chi connectivity index (χ1n) is 6.83. The maximum Gasteiger partial charge on any atom is 0.162 e. The Labute approximate surface area is 153 Å². The summed E-state index contributed by atoms with van der Waals surface area (Å²) in [6, 6.07) is 12.2. The van der Waals surface area contributed by atoms with Crippen molar-refractivity contribution in [2.24, 2.45) is 0 Å². The Hall–Kier alpha value is -1.16. The fraction of sp³-hybridized carbons (Fsp3) is 0.125. The van der Waals surface area contributed by atoms with Gasteiger partial charge in [0.1, 0.15) is 0 Å². The van der Waals surface area contributed by atoms with Crippen LogP contribution in [0.5, 0.6) is 0 Å². The smallest absolute Gasteiger partial charge is 0.151 e. The van der Waals surface area contributed by atoms with Crippen LogP contribution in [0.2, 0.25) is 0 Å². The van der Waals surface area contributed by atoms with Crippen LogP contribution in [-0.2, 0) is 20.8 Å². The first-order valence-corrected chi connectivity index (χ1v) is 13.2. The number of rotatable bonds is 1. The molecule has 0 unspecified atom stereocenters. The van der Waals surface area contributed by atoms with E-state index in [1.54, 1.807) is 0 Å². The van der Waals surface area contributed by atoms with Crippen molar-refractivity contribution >= 4 is 27.8 Å². The quantitative estimate of drug-likeness (QED) is 0.536. The van der Waals surface area contributed by atoms with Gasteiger partial charge in [-0.3, -0.25) is 6.08 Å². The molecule has 1 aliphatic rings. The minimum Gasteiger partial charge on any atom is -0.151 e. The molecule has 3 aromatic rings. The number of tetrazole rings is 1. The molecule has 0 atom stereocenters. The molecule has 116 valence electrons. The van der Waals surface area contributed by atoms with Crippen LogP contribution in [0, 0.1) is 6.08 Å². The molecule has 1 aliphatic carbocycles. The fourth-order valence-electron chi connectivity index (χ4n) is 2.05. The first-order chi connectivity index (χ1) is 11.2. The Kier molecular flexibility index (Phi) is 7.80. The van der Waals surface area contributed by atoms with Crippen molar-refractivity contribution in [1.29, 1.82) is 0 Å². The molecule has 23 heavy (non-hydrogen) atoms. The van der Waals surface area contributed by atoms with E-state index in [4.69, 9.17) is 17.0 Å². The number of halogens is 2. The van der Waals surface area contributed by atoms with Crippen LogP contribution in [-0.4, -0.2) is 20.2 Å². The minimum atomic E-state index is -0.826. The van der Waals surface area contributed by atoms with Gasteiger partial charge in [-0.1, -0.05) is 13.0 Å². The van der Waals surface area contributed by atoms with Gasteiger partial charge in [-0.15, -0.1) is 57.7 Å². The van der Waals surface area contributed by atoms with Crippen LogP contribution in [0.1, 0.15) is 13.3 Å². The molecule has 1 aromatic heterocycles. The molecule has 1 heterocycles. The summed E-state index contributed by atoms with van der Waals surface area (Å²) in [5.41, 5.74) is 2.22. The Balaban J connectivity index is 0.000000178. The Bertz CT molecular complexity index is 743. The molecule has 0 N–H and O–H groups in total. The van der Waals surface area contributed by atoms with Gasteiger partial charge in [-0.2, -0.15) is 10.9 Å². The molecule has 0 amide bonds. The predicted molar refractivity (Wildman–Crippen MR) is 90.1 cm³/mol. The van der Waals surface area contributed by atoms with Crippen LogP contribution in [0.15, 0.2) is 60.5 Å². The largest absolute Gasteiger partial charge is 0.162 e. The summed E-state index contributed by atoms with van der Waals surface area (Å²) in [7, 11) is 9.87. The van der Waals surface area contributed by atoms with E-state index in [2.05, 4.69) is 52.7 Å². The van der Waals surface area contributed by atoms with Crippen molar-refractivity contribution in [3.05, 3.63) is 66.5 Å². The van der Waals surface area contributed by atoms with E-state index in [-0.39, 0.29) is 0 Å². The third-order valence-corrected chi connectivity index (χ3v) is 3.05. The van der Waals surface area contributed by atoms with Gasteiger partial charge in [0.25, 0.3) is 0 Å².